The van der Waals surface area contributed by atoms with Crippen LogP contribution in [0.15, 0.2) is 23.6 Å². The lowest BCUT2D eigenvalue weighted by molar-refractivity contribution is 0.0998. The summed E-state index contributed by atoms with van der Waals surface area (Å²) < 4.78 is 5.06. The van der Waals surface area contributed by atoms with Gasteiger partial charge in [-0.2, -0.15) is 0 Å². The Kier molecular flexibility index (Phi) is 4.77. The van der Waals surface area contributed by atoms with Gasteiger partial charge in [0.2, 0.25) is 0 Å². The number of rotatable bonds is 6. The van der Waals surface area contributed by atoms with Crippen LogP contribution in [0.3, 0.4) is 0 Å². The largest absolute Gasteiger partial charge is 0.507 e. The van der Waals surface area contributed by atoms with Crippen LogP contribution >= 0.6 is 11.3 Å². The van der Waals surface area contributed by atoms with Gasteiger partial charge in [0.1, 0.15) is 5.75 Å². The lowest BCUT2D eigenvalue weighted by Gasteiger charge is -2.10. The Hall–Kier alpha value is -2.12. The Morgan fingerprint density at radius 2 is 2.33 bits per heavy atom. The number of phenols is 1. The number of ether oxygens (including phenoxy) is 1. The van der Waals surface area contributed by atoms with Crippen LogP contribution in [-0.2, 0) is 4.74 Å². The van der Waals surface area contributed by atoms with Crippen LogP contribution in [0, 0.1) is 0 Å². The van der Waals surface area contributed by atoms with Gasteiger partial charge in [-0.15, -0.1) is 11.3 Å². The second-order valence-electron chi connectivity index (χ2n) is 4.63. The van der Waals surface area contributed by atoms with Gasteiger partial charge in [-0.05, 0) is 25.1 Å². The van der Waals surface area contributed by atoms with Gasteiger partial charge >= 0.3 is 0 Å². The number of aromatic hydroxyl groups is 1. The molecule has 0 bridgehead atoms. The first-order valence-corrected chi connectivity index (χ1v) is 7.23. The molecule has 4 N–H and O–H groups in total. The third-order valence-corrected chi connectivity index (χ3v) is 3.62. The number of amides is 1. The smallest absolute Gasteiger partial charge is 0.252 e. The highest BCUT2D eigenvalue weighted by Crippen LogP contribution is 2.28. The van der Waals surface area contributed by atoms with Crippen molar-refractivity contribution in [1.82, 2.24) is 4.98 Å². The van der Waals surface area contributed by atoms with Crippen molar-refractivity contribution in [3.8, 4) is 17.0 Å². The summed E-state index contributed by atoms with van der Waals surface area (Å²) in [6, 6.07) is 4.82. The number of benzene rings is 1. The highest BCUT2D eigenvalue weighted by atomic mass is 32.1. The third-order valence-electron chi connectivity index (χ3n) is 2.85. The fourth-order valence-electron chi connectivity index (χ4n) is 1.87. The number of nitrogens with two attached hydrogens (primary N) is 1. The molecule has 1 aromatic heterocycles. The van der Waals surface area contributed by atoms with Crippen molar-refractivity contribution < 1.29 is 14.6 Å². The molecule has 0 radical (unpaired) electrons. The molecular weight excluding hydrogens is 290 g/mol. The van der Waals surface area contributed by atoms with Crippen LogP contribution in [-0.4, -0.2) is 35.8 Å². The average Bonchev–Trinajstić information content (AvgIpc) is 2.87. The molecule has 6 nitrogen and oxygen atoms in total. The minimum Gasteiger partial charge on any atom is -0.507 e. The van der Waals surface area contributed by atoms with E-state index in [0.717, 1.165) is 16.4 Å². The molecule has 21 heavy (non-hydrogen) atoms. The molecule has 0 aliphatic rings. The van der Waals surface area contributed by atoms with Crippen molar-refractivity contribution in [2.24, 2.45) is 5.73 Å². The first-order chi connectivity index (χ1) is 10.0. The number of thiazole rings is 1. The monoisotopic (exact) mass is 307 g/mol. The average molecular weight is 307 g/mol. The number of carbonyl (C=O) groups excluding carboxylic acids is 1. The summed E-state index contributed by atoms with van der Waals surface area (Å²) in [5.41, 5.74) is 6.75. The van der Waals surface area contributed by atoms with Crippen molar-refractivity contribution in [3.63, 3.8) is 0 Å². The fraction of sp³-hybridized carbons (Fsp3) is 0.286. The zero-order valence-electron chi connectivity index (χ0n) is 11.8. The van der Waals surface area contributed by atoms with Gasteiger partial charge in [0.15, 0.2) is 5.13 Å². The lowest BCUT2D eigenvalue weighted by Crippen LogP contribution is -2.20. The quantitative estimate of drug-likeness (QED) is 0.759. The lowest BCUT2D eigenvalue weighted by atomic mass is 10.1. The maximum absolute atomic E-state index is 11.2. The van der Waals surface area contributed by atoms with E-state index in [1.807, 2.05) is 12.3 Å². The van der Waals surface area contributed by atoms with Crippen molar-refractivity contribution in [1.29, 1.82) is 0 Å². The van der Waals surface area contributed by atoms with Crippen LogP contribution < -0.4 is 11.1 Å². The van der Waals surface area contributed by atoms with E-state index in [4.69, 9.17) is 10.5 Å². The molecule has 0 unspecified atom stereocenters. The number of aromatic nitrogens is 1. The van der Waals surface area contributed by atoms with E-state index >= 15 is 0 Å². The molecule has 0 saturated carbocycles. The molecule has 1 heterocycles. The summed E-state index contributed by atoms with van der Waals surface area (Å²) in [6.07, 6.45) is 0. The molecule has 0 aliphatic heterocycles. The van der Waals surface area contributed by atoms with Crippen molar-refractivity contribution >= 4 is 22.4 Å². The Morgan fingerprint density at radius 1 is 1.57 bits per heavy atom. The van der Waals surface area contributed by atoms with Crippen LogP contribution in [0.4, 0.5) is 5.13 Å². The highest BCUT2D eigenvalue weighted by molar-refractivity contribution is 7.14. The zero-order chi connectivity index (χ0) is 15.4. The van der Waals surface area contributed by atoms with Gasteiger partial charge in [-0.1, -0.05) is 0 Å². The zero-order valence-corrected chi connectivity index (χ0v) is 12.6. The first-order valence-electron chi connectivity index (χ1n) is 6.35. The molecule has 0 fully saturated rings. The predicted molar refractivity (Wildman–Crippen MR) is 82.7 cm³/mol. The Bertz CT molecular complexity index is 642. The third kappa shape index (κ3) is 3.71. The molecule has 2 aromatic rings. The Labute approximate surface area is 126 Å². The van der Waals surface area contributed by atoms with Crippen LogP contribution in [0.25, 0.3) is 11.3 Å². The fourth-order valence-corrected chi connectivity index (χ4v) is 2.70. The van der Waals surface area contributed by atoms with E-state index in [-0.39, 0.29) is 17.4 Å². The predicted octanol–water partition coefficient (Wildman–Crippen LogP) is 2.06. The number of carbonyl (C=O) groups is 1. The number of primary amides is 1. The Morgan fingerprint density at radius 3 is 3.00 bits per heavy atom. The number of hydrogen-bond donors (Lipinski definition) is 3. The minimum atomic E-state index is -0.670. The van der Waals surface area contributed by atoms with Gasteiger partial charge < -0.3 is 20.9 Å². The molecule has 112 valence electrons. The molecule has 0 saturated heterocycles. The van der Waals surface area contributed by atoms with Crippen molar-refractivity contribution in [2.45, 2.75) is 13.0 Å². The van der Waals surface area contributed by atoms with Gasteiger partial charge in [0.05, 0.1) is 17.9 Å². The summed E-state index contributed by atoms with van der Waals surface area (Å²) in [5.74, 6) is -0.801. The van der Waals surface area contributed by atoms with E-state index in [1.54, 1.807) is 13.2 Å². The topological polar surface area (TPSA) is 97.5 Å². The number of hydrogen-bond acceptors (Lipinski definition) is 6. The minimum absolute atomic E-state index is 0.0859. The maximum Gasteiger partial charge on any atom is 0.252 e. The van der Waals surface area contributed by atoms with Gasteiger partial charge in [-0.3, -0.25) is 4.79 Å². The SMILES string of the molecule is COC[C@@H](C)Nc1nc(-c2ccc(O)c(C(N)=O)c2)cs1. The van der Waals surface area contributed by atoms with Gasteiger partial charge in [0.25, 0.3) is 5.91 Å². The number of nitrogens with one attached hydrogen (secondary N) is 1. The Balaban J connectivity index is 2.21. The summed E-state index contributed by atoms with van der Waals surface area (Å²) in [4.78, 5) is 15.7. The molecule has 1 amide bonds. The summed E-state index contributed by atoms with van der Waals surface area (Å²) in [7, 11) is 1.65. The van der Waals surface area contributed by atoms with Crippen LogP contribution in [0.2, 0.25) is 0 Å². The van der Waals surface area contributed by atoms with Crippen molar-refractivity contribution in [3.05, 3.63) is 29.1 Å². The van der Waals surface area contributed by atoms with E-state index < -0.39 is 5.91 Å². The summed E-state index contributed by atoms with van der Waals surface area (Å²) >= 11 is 1.46. The maximum atomic E-state index is 11.2. The normalized spacial score (nSPS) is 12.1. The summed E-state index contributed by atoms with van der Waals surface area (Å²) in [5, 5.41) is 15.5. The summed E-state index contributed by atoms with van der Waals surface area (Å²) in [6.45, 7) is 2.58. The van der Waals surface area contributed by atoms with Gasteiger partial charge in [0, 0.05) is 24.1 Å². The van der Waals surface area contributed by atoms with E-state index in [1.165, 1.54) is 23.5 Å². The number of methoxy groups -OCH3 is 1. The second kappa shape index (κ2) is 6.55. The second-order valence-corrected chi connectivity index (χ2v) is 5.49. The standard InChI is InChI=1S/C14H17N3O3S/c1-8(6-20-2)16-14-17-11(7-21-14)9-3-4-12(18)10(5-9)13(15)19/h3-5,7-8,18H,6H2,1-2H3,(H2,15,19)(H,16,17)/t8-/m1/s1. The molecule has 0 aliphatic carbocycles. The van der Waals surface area contributed by atoms with Crippen LogP contribution in [0.1, 0.15) is 17.3 Å². The van der Waals surface area contributed by atoms with E-state index in [0.29, 0.717) is 6.61 Å². The number of nitrogens with zero attached hydrogens (tertiary/aromatic N) is 1. The van der Waals surface area contributed by atoms with Gasteiger partial charge in [-0.25, -0.2) is 4.98 Å². The van der Waals surface area contributed by atoms with E-state index in [9.17, 15) is 9.90 Å². The highest BCUT2D eigenvalue weighted by Gasteiger charge is 2.12. The number of anilines is 1. The molecule has 1 atom stereocenters. The molecule has 0 spiro atoms. The first kappa shape index (κ1) is 15.3. The molecular formula is C14H17N3O3S. The van der Waals surface area contributed by atoms with Crippen molar-refractivity contribution in [2.75, 3.05) is 19.0 Å². The molecule has 1 aromatic carbocycles. The van der Waals surface area contributed by atoms with Crippen LogP contribution in [0.5, 0.6) is 5.75 Å². The molecule has 7 heteroatoms. The van der Waals surface area contributed by atoms with E-state index in [2.05, 4.69) is 10.3 Å². The molecule has 2 rings (SSSR count).